The van der Waals surface area contributed by atoms with Crippen LogP contribution in [0.3, 0.4) is 0 Å². The molecule has 0 aliphatic carbocycles. The molecule has 1 aromatic heterocycles. The number of ether oxygens (including phenoxy) is 1. The first-order chi connectivity index (χ1) is 12.7. The summed E-state index contributed by atoms with van der Waals surface area (Å²) in [6.07, 6.45) is 6.11. The van der Waals surface area contributed by atoms with Crippen LogP contribution in [0, 0.1) is 11.8 Å². The molecular formula is C21H27N3O3. The molecule has 0 aromatic carbocycles. The van der Waals surface area contributed by atoms with Crippen LogP contribution in [-0.4, -0.2) is 64.0 Å². The number of aromatic nitrogens is 1. The third kappa shape index (κ3) is 2.87. The quantitative estimate of drug-likeness (QED) is 0.758. The van der Waals surface area contributed by atoms with Crippen LogP contribution in [0.4, 0.5) is 0 Å². The zero-order chi connectivity index (χ0) is 19.4. The second-order valence-electron chi connectivity index (χ2n) is 8.83. The SMILES string of the molecule is CN(CCc1ccccn1)C(=O)C1C2C(=O)N(C(C)(C)C)C[C@@]23C=C[C@@H]1O3. The van der Waals surface area contributed by atoms with Crippen molar-refractivity contribution in [3.8, 4) is 0 Å². The predicted molar refractivity (Wildman–Crippen MR) is 101 cm³/mol. The Morgan fingerprint density at radius 2 is 2.19 bits per heavy atom. The van der Waals surface area contributed by atoms with Gasteiger partial charge in [-0.3, -0.25) is 14.6 Å². The second-order valence-corrected chi connectivity index (χ2v) is 8.83. The van der Waals surface area contributed by atoms with Crippen LogP contribution < -0.4 is 0 Å². The van der Waals surface area contributed by atoms with Gasteiger partial charge in [0, 0.05) is 37.4 Å². The maximum Gasteiger partial charge on any atom is 0.230 e. The largest absolute Gasteiger partial charge is 0.360 e. The van der Waals surface area contributed by atoms with Gasteiger partial charge in [0.05, 0.1) is 24.5 Å². The van der Waals surface area contributed by atoms with E-state index in [0.29, 0.717) is 19.5 Å². The number of carbonyl (C=O) groups excluding carboxylic acids is 2. The molecule has 0 radical (unpaired) electrons. The highest BCUT2D eigenvalue weighted by Gasteiger charge is 2.68. The Labute approximate surface area is 160 Å². The van der Waals surface area contributed by atoms with Gasteiger partial charge in [0.25, 0.3) is 0 Å². The van der Waals surface area contributed by atoms with E-state index in [1.165, 1.54) is 0 Å². The van der Waals surface area contributed by atoms with Crippen molar-refractivity contribution in [3.05, 3.63) is 42.2 Å². The van der Waals surface area contributed by atoms with E-state index in [4.69, 9.17) is 4.74 Å². The number of hydrogen-bond donors (Lipinski definition) is 0. The minimum absolute atomic E-state index is 0.0173. The van der Waals surface area contributed by atoms with Gasteiger partial charge in [-0.1, -0.05) is 18.2 Å². The maximum atomic E-state index is 13.2. The number of carbonyl (C=O) groups is 2. The van der Waals surface area contributed by atoms with Crippen molar-refractivity contribution in [1.29, 1.82) is 0 Å². The zero-order valence-corrected chi connectivity index (χ0v) is 16.4. The van der Waals surface area contributed by atoms with Crippen molar-refractivity contribution >= 4 is 11.8 Å². The lowest BCUT2D eigenvalue weighted by Gasteiger charge is -2.34. The van der Waals surface area contributed by atoms with Crippen molar-refractivity contribution in [3.63, 3.8) is 0 Å². The Morgan fingerprint density at radius 3 is 2.85 bits per heavy atom. The molecule has 6 nitrogen and oxygen atoms in total. The molecule has 2 bridgehead atoms. The molecular weight excluding hydrogens is 342 g/mol. The van der Waals surface area contributed by atoms with Gasteiger partial charge in [0.1, 0.15) is 5.60 Å². The number of likely N-dealkylation sites (N-methyl/N-ethyl adjacent to an activating group) is 1. The van der Waals surface area contributed by atoms with Gasteiger partial charge in [-0.2, -0.15) is 0 Å². The van der Waals surface area contributed by atoms with E-state index in [2.05, 4.69) is 4.98 Å². The van der Waals surface area contributed by atoms with Crippen LogP contribution in [0.2, 0.25) is 0 Å². The summed E-state index contributed by atoms with van der Waals surface area (Å²) in [5.41, 5.74) is 0.0229. The van der Waals surface area contributed by atoms with Crippen LogP contribution in [0.5, 0.6) is 0 Å². The normalized spacial score (nSPS) is 31.5. The van der Waals surface area contributed by atoms with Gasteiger partial charge in [-0.25, -0.2) is 0 Å². The summed E-state index contributed by atoms with van der Waals surface area (Å²) < 4.78 is 6.19. The van der Waals surface area contributed by atoms with E-state index in [1.807, 2.05) is 56.0 Å². The molecule has 1 aromatic rings. The summed E-state index contributed by atoms with van der Waals surface area (Å²) in [6, 6.07) is 5.78. The Morgan fingerprint density at radius 1 is 1.41 bits per heavy atom. The highest BCUT2D eigenvalue weighted by molar-refractivity contribution is 5.93. The molecule has 4 heterocycles. The summed E-state index contributed by atoms with van der Waals surface area (Å²) in [5.74, 6) is -0.845. The first-order valence-corrected chi connectivity index (χ1v) is 9.56. The van der Waals surface area contributed by atoms with E-state index in [1.54, 1.807) is 18.1 Å². The molecule has 6 heteroatoms. The molecule has 2 unspecified atom stereocenters. The topological polar surface area (TPSA) is 62.7 Å². The van der Waals surface area contributed by atoms with E-state index in [-0.39, 0.29) is 23.5 Å². The molecule has 27 heavy (non-hydrogen) atoms. The number of rotatable bonds is 4. The highest BCUT2D eigenvalue weighted by atomic mass is 16.5. The zero-order valence-electron chi connectivity index (χ0n) is 16.4. The Hall–Kier alpha value is -2.21. The van der Waals surface area contributed by atoms with E-state index in [9.17, 15) is 9.59 Å². The molecule has 4 atom stereocenters. The van der Waals surface area contributed by atoms with Crippen molar-refractivity contribution in [2.75, 3.05) is 20.1 Å². The molecule has 3 aliphatic heterocycles. The number of fused-ring (bicyclic) bond motifs is 1. The first kappa shape index (κ1) is 18.2. The summed E-state index contributed by atoms with van der Waals surface area (Å²) in [4.78, 5) is 34.3. The van der Waals surface area contributed by atoms with Crippen LogP contribution in [0.1, 0.15) is 26.5 Å². The van der Waals surface area contributed by atoms with E-state index in [0.717, 1.165) is 5.69 Å². The fourth-order valence-corrected chi connectivity index (χ4v) is 4.54. The lowest BCUT2D eigenvalue weighted by Crippen LogP contribution is -2.47. The number of likely N-dealkylation sites (tertiary alicyclic amines) is 1. The first-order valence-electron chi connectivity index (χ1n) is 9.56. The van der Waals surface area contributed by atoms with Gasteiger partial charge in [0.15, 0.2) is 0 Å². The maximum absolute atomic E-state index is 13.2. The number of nitrogens with zero attached hydrogens (tertiary/aromatic N) is 3. The van der Waals surface area contributed by atoms with E-state index >= 15 is 0 Å². The molecule has 3 aliphatic rings. The van der Waals surface area contributed by atoms with Crippen molar-refractivity contribution in [1.82, 2.24) is 14.8 Å². The second kappa shape index (κ2) is 6.16. The number of hydrogen-bond acceptors (Lipinski definition) is 4. The fourth-order valence-electron chi connectivity index (χ4n) is 4.54. The fraction of sp³-hybridized carbons (Fsp3) is 0.571. The standard InChI is InChI=1S/C21H27N3O3/c1-20(2,3)24-13-21-10-8-15(27-21)16(17(21)19(24)26)18(25)23(4)12-9-14-7-5-6-11-22-14/h5-8,10-11,15-17H,9,12-13H2,1-4H3/t15-,16?,17?,21-/m0/s1. The van der Waals surface area contributed by atoms with Gasteiger partial charge in [-0.05, 0) is 32.9 Å². The van der Waals surface area contributed by atoms with Gasteiger partial charge in [0.2, 0.25) is 11.8 Å². The Bertz CT molecular complexity index is 786. The highest BCUT2D eigenvalue weighted by Crippen LogP contribution is 2.53. The average Bonchev–Trinajstić information content (AvgIpc) is 3.28. The van der Waals surface area contributed by atoms with Gasteiger partial charge < -0.3 is 14.5 Å². The van der Waals surface area contributed by atoms with Crippen LogP contribution in [-0.2, 0) is 20.7 Å². The Kier molecular flexibility index (Phi) is 4.14. The summed E-state index contributed by atoms with van der Waals surface area (Å²) in [5, 5.41) is 0. The number of amides is 2. The molecule has 4 rings (SSSR count). The van der Waals surface area contributed by atoms with Crippen LogP contribution in [0.15, 0.2) is 36.5 Å². The third-order valence-corrected chi connectivity index (χ3v) is 6.00. The molecule has 2 saturated heterocycles. The number of pyridine rings is 1. The smallest absolute Gasteiger partial charge is 0.230 e. The molecule has 2 amide bonds. The average molecular weight is 369 g/mol. The lowest BCUT2D eigenvalue weighted by molar-refractivity contribution is -0.144. The molecule has 0 N–H and O–H groups in total. The lowest BCUT2D eigenvalue weighted by atomic mass is 9.76. The van der Waals surface area contributed by atoms with Crippen molar-refractivity contribution < 1.29 is 14.3 Å². The molecule has 1 spiro atoms. The summed E-state index contributed by atoms with van der Waals surface area (Å²) in [7, 11) is 1.80. The van der Waals surface area contributed by atoms with Crippen LogP contribution in [0.25, 0.3) is 0 Å². The minimum Gasteiger partial charge on any atom is -0.360 e. The van der Waals surface area contributed by atoms with Crippen molar-refractivity contribution in [2.45, 2.75) is 44.4 Å². The summed E-state index contributed by atoms with van der Waals surface area (Å²) >= 11 is 0. The van der Waals surface area contributed by atoms with Crippen molar-refractivity contribution in [2.24, 2.45) is 11.8 Å². The molecule has 144 valence electrons. The van der Waals surface area contributed by atoms with Gasteiger partial charge >= 0.3 is 0 Å². The molecule has 2 fully saturated rings. The minimum atomic E-state index is -0.642. The van der Waals surface area contributed by atoms with Crippen LogP contribution >= 0.6 is 0 Å². The third-order valence-electron chi connectivity index (χ3n) is 6.00. The Balaban J connectivity index is 1.51. The predicted octanol–water partition coefficient (Wildman–Crippen LogP) is 1.66. The van der Waals surface area contributed by atoms with E-state index < -0.39 is 17.4 Å². The molecule has 0 saturated carbocycles. The summed E-state index contributed by atoms with van der Waals surface area (Å²) in [6.45, 7) is 7.16. The monoisotopic (exact) mass is 369 g/mol. The van der Waals surface area contributed by atoms with Gasteiger partial charge in [-0.15, -0.1) is 0 Å².